The summed E-state index contributed by atoms with van der Waals surface area (Å²) in [6, 6.07) is 13.1. The highest BCUT2D eigenvalue weighted by Crippen LogP contribution is 2.34. The largest absolute Gasteiger partial charge is 0.462 e. The zero-order valence-corrected chi connectivity index (χ0v) is 16.4. The van der Waals surface area contributed by atoms with E-state index in [2.05, 4.69) is 90.2 Å². The Hall–Kier alpha value is -2.22. The molecule has 0 saturated heterocycles. The Morgan fingerprint density at radius 2 is 1.36 bits per heavy atom. The minimum atomic E-state index is 0.118. The van der Waals surface area contributed by atoms with E-state index in [0.29, 0.717) is 0 Å². The Balaban J connectivity index is 1.98. The Labute approximate surface area is 151 Å². The SMILES string of the molecule is Cc1cc(C(C)(C)C)ccc1Nc1coc2ccc(C(C)(C)C)cc12. The number of nitrogens with one attached hydrogen (secondary N) is 1. The summed E-state index contributed by atoms with van der Waals surface area (Å²) in [6.07, 6.45) is 1.81. The van der Waals surface area contributed by atoms with Crippen LogP contribution in [0.15, 0.2) is 47.1 Å². The van der Waals surface area contributed by atoms with E-state index in [1.165, 1.54) is 16.7 Å². The summed E-state index contributed by atoms with van der Waals surface area (Å²) in [6.45, 7) is 15.6. The van der Waals surface area contributed by atoms with Gasteiger partial charge in [0.1, 0.15) is 11.8 Å². The molecule has 1 aromatic heterocycles. The molecule has 2 heteroatoms. The molecule has 2 nitrogen and oxygen atoms in total. The second-order valence-electron chi connectivity index (χ2n) is 9.02. The molecule has 25 heavy (non-hydrogen) atoms. The fourth-order valence-corrected chi connectivity index (χ4v) is 3.01. The molecule has 0 spiro atoms. The van der Waals surface area contributed by atoms with Gasteiger partial charge in [0.25, 0.3) is 0 Å². The van der Waals surface area contributed by atoms with Crippen LogP contribution in [-0.4, -0.2) is 0 Å². The second kappa shape index (κ2) is 5.94. The Bertz CT molecular complexity index is 904. The van der Waals surface area contributed by atoms with Gasteiger partial charge >= 0.3 is 0 Å². The molecule has 1 heterocycles. The molecule has 3 aromatic rings. The zero-order valence-electron chi connectivity index (χ0n) is 16.4. The molecule has 132 valence electrons. The normalized spacial score (nSPS) is 12.6. The molecule has 0 amide bonds. The van der Waals surface area contributed by atoms with E-state index in [-0.39, 0.29) is 10.8 Å². The van der Waals surface area contributed by atoms with Gasteiger partial charge in [-0.1, -0.05) is 59.7 Å². The van der Waals surface area contributed by atoms with Gasteiger partial charge in [0, 0.05) is 11.1 Å². The third-order valence-electron chi connectivity index (χ3n) is 4.80. The summed E-state index contributed by atoms with van der Waals surface area (Å²) in [5.41, 5.74) is 7.24. The van der Waals surface area contributed by atoms with Crippen LogP contribution in [0, 0.1) is 6.92 Å². The highest BCUT2D eigenvalue weighted by atomic mass is 16.3. The number of furan rings is 1. The predicted octanol–water partition coefficient (Wildman–Crippen LogP) is 7.08. The lowest BCUT2D eigenvalue weighted by Crippen LogP contribution is -2.11. The zero-order chi connectivity index (χ0) is 18.4. The van der Waals surface area contributed by atoms with Crippen molar-refractivity contribution in [3.63, 3.8) is 0 Å². The molecule has 0 radical (unpaired) electrons. The van der Waals surface area contributed by atoms with Crippen LogP contribution < -0.4 is 5.32 Å². The average molecular weight is 335 g/mol. The van der Waals surface area contributed by atoms with Gasteiger partial charge in [-0.15, -0.1) is 0 Å². The minimum absolute atomic E-state index is 0.118. The summed E-state index contributed by atoms with van der Waals surface area (Å²) >= 11 is 0. The monoisotopic (exact) mass is 335 g/mol. The van der Waals surface area contributed by atoms with Gasteiger partial charge in [0.05, 0.1) is 5.69 Å². The number of benzene rings is 2. The lowest BCUT2D eigenvalue weighted by Gasteiger charge is -2.21. The van der Waals surface area contributed by atoms with Crippen LogP contribution in [0.5, 0.6) is 0 Å². The van der Waals surface area contributed by atoms with Gasteiger partial charge in [-0.3, -0.25) is 0 Å². The maximum absolute atomic E-state index is 5.74. The van der Waals surface area contributed by atoms with Gasteiger partial charge in [0.15, 0.2) is 0 Å². The van der Waals surface area contributed by atoms with Crippen LogP contribution >= 0.6 is 0 Å². The quantitative estimate of drug-likeness (QED) is 0.541. The van der Waals surface area contributed by atoms with Gasteiger partial charge in [-0.25, -0.2) is 0 Å². The van der Waals surface area contributed by atoms with Crippen molar-refractivity contribution in [1.29, 1.82) is 0 Å². The molecule has 2 aromatic carbocycles. The number of rotatable bonds is 2. The van der Waals surface area contributed by atoms with Gasteiger partial charge in [-0.2, -0.15) is 0 Å². The molecule has 0 unspecified atom stereocenters. The van der Waals surface area contributed by atoms with E-state index < -0.39 is 0 Å². The first-order valence-electron chi connectivity index (χ1n) is 8.95. The Morgan fingerprint density at radius 3 is 1.96 bits per heavy atom. The summed E-state index contributed by atoms with van der Waals surface area (Å²) in [5.74, 6) is 0. The fraction of sp³-hybridized carbons (Fsp3) is 0.391. The number of fused-ring (bicyclic) bond motifs is 1. The van der Waals surface area contributed by atoms with E-state index in [1.54, 1.807) is 0 Å². The molecule has 0 bridgehead atoms. The summed E-state index contributed by atoms with van der Waals surface area (Å²) in [4.78, 5) is 0. The molecule has 1 N–H and O–H groups in total. The Kier molecular flexibility index (Phi) is 4.18. The van der Waals surface area contributed by atoms with E-state index in [1.807, 2.05) is 6.26 Å². The van der Waals surface area contributed by atoms with Gasteiger partial charge in [-0.05, 0) is 52.6 Å². The second-order valence-corrected chi connectivity index (χ2v) is 9.02. The van der Waals surface area contributed by atoms with E-state index in [4.69, 9.17) is 4.42 Å². The average Bonchev–Trinajstić information content (AvgIpc) is 2.90. The van der Waals surface area contributed by atoms with Crippen LogP contribution in [0.3, 0.4) is 0 Å². The predicted molar refractivity (Wildman–Crippen MR) is 108 cm³/mol. The van der Waals surface area contributed by atoms with Crippen molar-refractivity contribution in [2.75, 3.05) is 5.32 Å². The molecular formula is C23H29NO. The molecule has 3 rings (SSSR count). The van der Waals surface area contributed by atoms with Crippen LogP contribution in [0.25, 0.3) is 11.0 Å². The van der Waals surface area contributed by atoms with Crippen molar-refractivity contribution < 1.29 is 4.42 Å². The number of hydrogen-bond donors (Lipinski definition) is 1. The van der Waals surface area contributed by atoms with Crippen molar-refractivity contribution in [3.05, 3.63) is 59.4 Å². The topological polar surface area (TPSA) is 25.2 Å². The first-order valence-corrected chi connectivity index (χ1v) is 8.95. The number of anilines is 2. The van der Waals surface area contributed by atoms with E-state index in [9.17, 15) is 0 Å². The highest BCUT2D eigenvalue weighted by Gasteiger charge is 2.17. The lowest BCUT2D eigenvalue weighted by molar-refractivity contribution is 0.589. The summed E-state index contributed by atoms with van der Waals surface area (Å²) in [7, 11) is 0. The van der Waals surface area contributed by atoms with Crippen molar-refractivity contribution >= 4 is 22.3 Å². The summed E-state index contributed by atoms with van der Waals surface area (Å²) in [5, 5.41) is 4.69. The van der Waals surface area contributed by atoms with Crippen LogP contribution in [-0.2, 0) is 10.8 Å². The number of aryl methyl sites for hydroxylation is 1. The molecule has 0 fully saturated rings. The fourth-order valence-electron chi connectivity index (χ4n) is 3.01. The van der Waals surface area contributed by atoms with Crippen LogP contribution in [0.1, 0.15) is 58.2 Å². The van der Waals surface area contributed by atoms with Gasteiger partial charge < -0.3 is 9.73 Å². The smallest absolute Gasteiger partial charge is 0.136 e. The number of hydrogen-bond acceptors (Lipinski definition) is 2. The summed E-state index contributed by atoms with van der Waals surface area (Å²) < 4.78 is 5.74. The minimum Gasteiger partial charge on any atom is -0.462 e. The molecular weight excluding hydrogens is 306 g/mol. The molecule has 0 saturated carbocycles. The Morgan fingerprint density at radius 1 is 0.760 bits per heavy atom. The molecule has 0 aliphatic heterocycles. The van der Waals surface area contributed by atoms with Crippen LogP contribution in [0.2, 0.25) is 0 Å². The van der Waals surface area contributed by atoms with Crippen molar-refractivity contribution in [3.8, 4) is 0 Å². The molecule has 0 atom stereocenters. The maximum Gasteiger partial charge on any atom is 0.136 e. The van der Waals surface area contributed by atoms with Crippen molar-refractivity contribution in [1.82, 2.24) is 0 Å². The third kappa shape index (κ3) is 3.58. The molecule has 0 aliphatic rings. The highest BCUT2D eigenvalue weighted by molar-refractivity contribution is 5.93. The standard InChI is InChI=1S/C23H29NO/c1-15-12-16(22(2,3)4)8-10-19(15)24-20-14-25-21-11-9-17(13-18(20)21)23(5,6)7/h8-14,24H,1-7H3. The first kappa shape index (κ1) is 17.6. The maximum atomic E-state index is 5.74. The first-order chi connectivity index (χ1) is 11.6. The van der Waals surface area contributed by atoms with Crippen molar-refractivity contribution in [2.24, 2.45) is 0 Å². The van der Waals surface area contributed by atoms with Crippen LogP contribution in [0.4, 0.5) is 11.4 Å². The lowest BCUT2D eigenvalue weighted by atomic mass is 9.86. The molecule has 0 aliphatic carbocycles. The van der Waals surface area contributed by atoms with E-state index >= 15 is 0 Å². The van der Waals surface area contributed by atoms with Gasteiger partial charge in [0.2, 0.25) is 0 Å². The third-order valence-corrected chi connectivity index (χ3v) is 4.80. The van der Waals surface area contributed by atoms with Crippen molar-refractivity contribution in [2.45, 2.75) is 59.3 Å². The van der Waals surface area contributed by atoms with E-state index in [0.717, 1.165) is 22.3 Å².